The van der Waals surface area contributed by atoms with Crippen LogP contribution in [0.5, 0.6) is 0 Å². The predicted molar refractivity (Wildman–Crippen MR) is 100 cm³/mol. The van der Waals surface area contributed by atoms with E-state index in [9.17, 15) is 10.1 Å². The normalized spacial score (nSPS) is 11.1. The van der Waals surface area contributed by atoms with Gasteiger partial charge in [0.2, 0.25) is 0 Å². The van der Waals surface area contributed by atoms with E-state index in [1.807, 2.05) is 50.2 Å². The molecule has 5 nitrogen and oxygen atoms in total. The van der Waals surface area contributed by atoms with Gasteiger partial charge >= 0.3 is 0 Å². The highest BCUT2D eigenvalue weighted by molar-refractivity contribution is 6.07. The summed E-state index contributed by atoms with van der Waals surface area (Å²) in [5, 5.41) is 15.1. The summed E-state index contributed by atoms with van der Waals surface area (Å²) in [6.45, 7) is 7.96. The van der Waals surface area contributed by atoms with Crippen molar-refractivity contribution in [1.82, 2.24) is 4.98 Å². The van der Waals surface area contributed by atoms with E-state index >= 15 is 0 Å². The number of rotatable bonds is 5. The second-order valence-electron chi connectivity index (χ2n) is 6.15. The Morgan fingerprint density at radius 2 is 2.00 bits per heavy atom. The second-order valence-corrected chi connectivity index (χ2v) is 6.15. The van der Waals surface area contributed by atoms with Gasteiger partial charge in [-0.15, -0.1) is 0 Å². The summed E-state index contributed by atoms with van der Waals surface area (Å²) >= 11 is 0. The van der Waals surface area contributed by atoms with Crippen molar-refractivity contribution in [3.8, 4) is 6.07 Å². The predicted octanol–water partition coefficient (Wildman–Crippen LogP) is 4.28. The van der Waals surface area contributed by atoms with E-state index in [1.165, 1.54) is 6.20 Å². The summed E-state index contributed by atoms with van der Waals surface area (Å²) in [5.41, 5.74) is 4.38. The number of aromatic nitrogens is 1. The van der Waals surface area contributed by atoms with E-state index in [0.717, 1.165) is 22.5 Å². The molecule has 0 saturated heterocycles. The summed E-state index contributed by atoms with van der Waals surface area (Å²) in [5.74, 6) is -0.173. The molecule has 128 valence electrons. The number of hydrogen-bond donors (Lipinski definition) is 2. The minimum Gasteiger partial charge on any atom is -0.359 e. The number of carbonyl (C=O) groups is 1. The number of nitrogens with one attached hydrogen (secondary N) is 2. The van der Waals surface area contributed by atoms with Gasteiger partial charge in [-0.2, -0.15) is 5.26 Å². The first-order valence-corrected chi connectivity index (χ1v) is 8.12. The Labute approximate surface area is 148 Å². The number of carbonyl (C=O) groups excluding carboxylic acids is 1. The van der Waals surface area contributed by atoms with Crippen LogP contribution in [0.25, 0.3) is 0 Å². The van der Waals surface area contributed by atoms with Crippen LogP contribution in [0.1, 0.15) is 36.6 Å². The Bertz CT molecular complexity index is 830. The number of amides is 1. The molecule has 0 unspecified atom stereocenters. The van der Waals surface area contributed by atoms with Gasteiger partial charge in [0.25, 0.3) is 5.91 Å². The zero-order valence-electron chi connectivity index (χ0n) is 14.9. The third-order valence-corrected chi connectivity index (χ3v) is 3.83. The average molecular weight is 334 g/mol. The number of anilines is 2. The summed E-state index contributed by atoms with van der Waals surface area (Å²) in [4.78, 5) is 16.7. The molecule has 1 aromatic heterocycles. The van der Waals surface area contributed by atoms with E-state index in [4.69, 9.17) is 0 Å². The second kappa shape index (κ2) is 8.11. The van der Waals surface area contributed by atoms with Crippen LogP contribution in [0.2, 0.25) is 0 Å². The molecule has 0 aliphatic heterocycles. The number of benzene rings is 1. The quantitative estimate of drug-likeness (QED) is 0.632. The number of para-hydroxylation sites is 1. The topological polar surface area (TPSA) is 77.8 Å². The van der Waals surface area contributed by atoms with Gasteiger partial charge in [0.15, 0.2) is 0 Å². The lowest BCUT2D eigenvalue weighted by Gasteiger charge is -2.16. The summed E-state index contributed by atoms with van der Waals surface area (Å²) in [7, 11) is 0. The fraction of sp³-hybridized carbons (Fsp3) is 0.250. The molecule has 5 heteroatoms. The van der Waals surface area contributed by atoms with E-state index < -0.39 is 5.91 Å². The molecule has 0 spiro atoms. The molecular formula is C20H22N4O. The van der Waals surface area contributed by atoms with Crippen molar-refractivity contribution in [3.05, 3.63) is 65.1 Å². The molecule has 2 N–H and O–H groups in total. The molecule has 0 bridgehead atoms. The van der Waals surface area contributed by atoms with Crippen LogP contribution in [0.3, 0.4) is 0 Å². The van der Waals surface area contributed by atoms with Crippen molar-refractivity contribution in [3.63, 3.8) is 0 Å². The van der Waals surface area contributed by atoms with E-state index in [2.05, 4.69) is 29.5 Å². The van der Waals surface area contributed by atoms with E-state index in [-0.39, 0.29) is 11.5 Å². The molecule has 2 rings (SSSR count). The first-order chi connectivity index (χ1) is 11.9. The van der Waals surface area contributed by atoms with Crippen LogP contribution in [-0.2, 0) is 4.79 Å². The molecule has 0 aliphatic rings. The van der Waals surface area contributed by atoms with Gasteiger partial charge in [-0.25, -0.2) is 0 Å². The van der Waals surface area contributed by atoms with Crippen molar-refractivity contribution in [1.29, 1.82) is 5.26 Å². The Morgan fingerprint density at radius 1 is 1.24 bits per heavy atom. The number of nitriles is 1. The highest BCUT2D eigenvalue weighted by Crippen LogP contribution is 2.27. The Balaban J connectivity index is 2.20. The van der Waals surface area contributed by atoms with Crippen LogP contribution < -0.4 is 10.6 Å². The Hall–Kier alpha value is -3.13. The SMILES string of the molecule is Cc1ccc(N/C=C(/C#N)C(=O)Nc2c(C)cccc2C(C)C)cn1. The molecular weight excluding hydrogens is 312 g/mol. The zero-order chi connectivity index (χ0) is 18.4. The van der Waals surface area contributed by atoms with Crippen molar-refractivity contribution < 1.29 is 4.79 Å². The summed E-state index contributed by atoms with van der Waals surface area (Å²) in [6, 6.07) is 11.5. The largest absolute Gasteiger partial charge is 0.359 e. The van der Waals surface area contributed by atoms with Crippen molar-refractivity contribution >= 4 is 17.3 Å². The number of pyridine rings is 1. The third kappa shape index (κ3) is 4.67. The summed E-state index contributed by atoms with van der Waals surface area (Å²) in [6.07, 6.45) is 3.05. The van der Waals surface area contributed by atoms with Gasteiger partial charge in [0.05, 0.1) is 11.9 Å². The van der Waals surface area contributed by atoms with Gasteiger partial charge in [-0.1, -0.05) is 32.0 Å². The molecule has 0 saturated carbocycles. The maximum Gasteiger partial charge on any atom is 0.267 e. The molecule has 0 fully saturated rings. The monoisotopic (exact) mass is 334 g/mol. The smallest absolute Gasteiger partial charge is 0.267 e. The minimum atomic E-state index is -0.439. The van der Waals surface area contributed by atoms with Crippen molar-refractivity contribution in [2.45, 2.75) is 33.6 Å². The van der Waals surface area contributed by atoms with Crippen LogP contribution >= 0.6 is 0 Å². The molecule has 0 radical (unpaired) electrons. The number of hydrogen-bond acceptors (Lipinski definition) is 4. The molecule has 25 heavy (non-hydrogen) atoms. The third-order valence-electron chi connectivity index (χ3n) is 3.83. The van der Waals surface area contributed by atoms with Crippen LogP contribution in [0.4, 0.5) is 11.4 Å². The molecule has 2 aromatic rings. The minimum absolute atomic E-state index is 0.00136. The van der Waals surface area contributed by atoms with Gasteiger partial charge < -0.3 is 10.6 Å². The molecule has 1 aromatic carbocycles. The molecule has 0 atom stereocenters. The molecule has 1 heterocycles. The van der Waals surface area contributed by atoms with Gasteiger partial charge in [-0.3, -0.25) is 9.78 Å². The van der Waals surface area contributed by atoms with Gasteiger partial charge in [0.1, 0.15) is 11.6 Å². The fourth-order valence-electron chi connectivity index (χ4n) is 2.38. The lowest BCUT2D eigenvalue weighted by atomic mass is 9.98. The molecule has 0 aliphatic carbocycles. The van der Waals surface area contributed by atoms with Crippen molar-refractivity contribution in [2.75, 3.05) is 10.6 Å². The number of nitrogens with zero attached hydrogens (tertiary/aromatic N) is 2. The standard InChI is InChI=1S/C20H22N4O/c1-13(2)18-7-5-6-14(3)19(18)24-20(25)16(10-21)11-23-17-9-8-15(4)22-12-17/h5-9,11-13,23H,1-4H3,(H,24,25)/b16-11-. The lowest BCUT2D eigenvalue weighted by molar-refractivity contribution is -0.112. The summed E-state index contributed by atoms with van der Waals surface area (Å²) < 4.78 is 0. The highest BCUT2D eigenvalue weighted by Gasteiger charge is 2.15. The number of aryl methyl sites for hydroxylation is 2. The van der Waals surface area contributed by atoms with Crippen LogP contribution in [-0.4, -0.2) is 10.9 Å². The first kappa shape index (κ1) is 18.2. The van der Waals surface area contributed by atoms with Gasteiger partial charge in [-0.05, 0) is 43.0 Å². The maximum absolute atomic E-state index is 12.5. The fourth-order valence-corrected chi connectivity index (χ4v) is 2.38. The molecule has 1 amide bonds. The Kier molecular flexibility index (Phi) is 5.91. The average Bonchev–Trinajstić information content (AvgIpc) is 2.58. The van der Waals surface area contributed by atoms with E-state index in [0.29, 0.717) is 5.69 Å². The van der Waals surface area contributed by atoms with E-state index in [1.54, 1.807) is 6.20 Å². The highest BCUT2D eigenvalue weighted by atomic mass is 16.1. The first-order valence-electron chi connectivity index (χ1n) is 8.12. The maximum atomic E-state index is 12.5. The van der Waals surface area contributed by atoms with Crippen LogP contribution in [0, 0.1) is 25.2 Å². The zero-order valence-corrected chi connectivity index (χ0v) is 14.9. The van der Waals surface area contributed by atoms with Gasteiger partial charge in [0, 0.05) is 17.6 Å². The van der Waals surface area contributed by atoms with Crippen LogP contribution in [0.15, 0.2) is 48.3 Å². The Morgan fingerprint density at radius 3 is 2.60 bits per heavy atom. The lowest BCUT2D eigenvalue weighted by Crippen LogP contribution is -2.17. The van der Waals surface area contributed by atoms with Crippen molar-refractivity contribution in [2.24, 2.45) is 0 Å².